The molecule has 0 bridgehead atoms. The SMILES string of the molecule is CCC(N)(CCCSc1cc(C)nn1C)C(=O)O. The maximum Gasteiger partial charge on any atom is 0.323 e. The molecular weight excluding hydrogens is 250 g/mol. The number of nitrogens with two attached hydrogens (primary N) is 1. The van der Waals surface area contributed by atoms with Gasteiger partial charge >= 0.3 is 5.97 Å². The zero-order valence-corrected chi connectivity index (χ0v) is 12.0. The fourth-order valence-corrected chi connectivity index (χ4v) is 2.70. The lowest BCUT2D eigenvalue weighted by atomic mass is 9.92. The molecule has 0 aliphatic rings. The van der Waals surface area contributed by atoms with E-state index in [2.05, 4.69) is 5.10 Å². The number of carboxylic acids is 1. The minimum absolute atomic E-state index is 0.456. The molecule has 0 fully saturated rings. The first-order chi connectivity index (χ1) is 8.39. The number of rotatable bonds is 7. The average molecular weight is 271 g/mol. The van der Waals surface area contributed by atoms with Crippen molar-refractivity contribution in [1.29, 1.82) is 0 Å². The molecule has 3 N–H and O–H groups in total. The van der Waals surface area contributed by atoms with Gasteiger partial charge in [0.2, 0.25) is 0 Å². The van der Waals surface area contributed by atoms with Crippen molar-refractivity contribution < 1.29 is 9.90 Å². The summed E-state index contributed by atoms with van der Waals surface area (Å²) < 4.78 is 1.84. The monoisotopic (exact) mass is 271 g/mol. The molecule has 18 heavy (non-hydrogen) atoms. The number of aromatic nitrogens is 2. The van der Waals surface area contributed by atoms with Gasteiger partial charge in [-0.1, -0.05) is 6.92 Å². The third kappa shape index (κ3) is 3.74. The van der Waals surface area contributed by atoms with Crippen molar-refractivity contribution in [3.8, 4) is 0 Å². The van der Waals surface area contributed by atoms with Gasteiger partial charge in [0.25, 0.3) is 0 Å². The number of aryl methyl sites for hydroxylation is 2. The molecule has 1 unspecified atom stereocenters. The highest BCUT2D eigenvalue weighted by Gasteiger charge is 2.30. The molecule has 1 atom stereocenters. The van der Waals surface area contributed by atoms with Crippen LogP contribution in [-0.4, -0.2) is 32.1 Å². The van der Waals surface area contributed by atoms with Crippen LogP contribution in [0.4, 0.5) is 0 Å². The number of hydrogen-bond donors (Lipinski definition) is 2. The summed E-state index contributed by atoms with van der Waals surface area (Å²) in [4.78, 5) is 11.0. The lowest BCUT2D eigenvalue weighted by Gasteiger charge is -2.22. The smallest absolute Gasteiger partial charge is 0.323 e. The summed E-state index contributed by atoms with van der Waals surface area (Å²) >= 11 is 1.68. The van der Waals surface area contributed by atoms with Crippen LogP contribution in [-0.2, 0) is 11.8 Å². The van der Waals surface area contributed by atoms with Crippen LogP contribution in [0.1, 0.15) is 31.9 Å². The third-order valence-corrected chi connectivity index (χ3v) is 4.20. The zero-order valence-electron chi connectivity index (χ0n) is 11.1. The van der Waals surface area contributed by atoms with Gasteiger partial charge in [0.15, 0.2) is 0 Å². The van der Waals surface area contributed by atoms with Gasteiger partial charge in [0.1, 0.15) is 5.54 Å². The second-order valence-electron chi connectivity index (χ2n) is 4.51. The van der Waals surface area contributed by atoms with Gasteiger partial charge in [0, 0.05) is 7.05 Å². The quantitative estimate of drug-likeness (QED) is 0.583. The molecule has 102 valence electrons. The van der Waals surface area contributed by atoms with Crippen LogP contribution in [0, 0.1) is 6.92 Å². The average Bonchev–Trinajstić information content (AvgIpc) is 2.63. The summed E-state index contributed by atoms with van der Waals surface area (Å²) in [5.41, 5.74) is 5.74. The summed E-state index contributed by atoms with van der Waals surface area (Å²) in [6.45, 7) is 3.77. The minimum Gasteiger partial charge on any atom is -0.480 e. The van der Waals surface area contributed by atoms with E-state index in [0.717, 1.165) is 22.9 Å². The first-order valence-corrected chi connectivity index (χ1v) is 7.03. The Morgan fingerprint density at radius 3 is 2.78 bits per heavy atom. The van der Waals surface area contributed by atoms with E-state index in [1.54, 1.807) is 11.8 Å². The van der Waals surface area contributed by atoms with Crippen molar-refractivity contribution >= 4 is 17.7 Å². The van der Waals surface area contributed by atoms with Crippen molar-refractivity contribution in [2.75, 3.05) is 5.75 Å². The Morgan fingerprint density at radius 1 is 1.67 bits per heavy atom. The van der Waals surface area contributed by atoms with E-state index in [0.29, 0.717) is 12.8 Å². The van der Waals surface area contributed by atoms with Gasteiger partial charge < -0.3 is 10.8 Å². The molecule has 0 saturated heterocycles. The van der Waals surface area contributed by atoms with E-state index in [1.807, 2.05) is 31.6 Å². The first kappa shape index (κ1) is 15.0. The fraction of sp³-hybridized carbons (Fsp3) is 0.667. The van der Waals surface area contributed by atoms with Crippen molar-refractivity contribution in [3.63, 3.8) is 0 Å². The molecule has 1 aromatic rings. The number of hydrogen-bond acceptors (Lipinski definition) is 4. The lowest BCUT2D eigenvalue weighted by molar-refractivity contribution is -0.143. The normalized spacial score (nSPS) is 14.4. The maximum absolute atomic E-state index is 11.0. The number of nitrogens with zero attached hydrogens (tertiary/aromatic N) is 2. The number of carboxylic acid groups (broad SMARTS) is 1. The van der Waals surface area contributed by atoms with Crippen molar-refractivity contribution in [3.05, 3.63) is 11.8 Å². The molecule has 1 aromatic heterocycles. The van der Waals surface area contributed by atoms with Crippen LogP contribution in [0.25, 0.3) is 0 Å². The van der Waals surface area contributed by atoms with Crippen LogP contribution in [0.15, 0.2) is 11.1 Å². The van der Waals surface area contributed by atoms with E-state index >= 15 is 0 Å². The van der Waals surface area contributed by atoms with E-state index in [9.17, 15) is 4.79 Å². The molecular formula is C12H21N3O2S. The fourth-order valence-electron chi connectivity index (χ4n) is 1.72. The largest absolute Gasteiger partial charge is 0.480 e. The van der Waals surface area contributed by atoms with Gasteiger partial charge in [-0.25, -0.2) is 0 Å². The van der Waals surface area contributed by atoms with Crippen molar-refractivity contribution in [1.82, 2.24) is 9.78 Å². The summed E-state index contributed by atoms with van der Waals surface area (Å²) in [5, 5.41) is 14.4. The summed E-state index contributed by atoms with van der Waals surface area (Å²) in [5.74, 6) is -0.0584. The Bertz CT molecular complexity index is 419. The molecule has 0 saturated carbocycles. The maximum atomic E-state index is 11.0. The highest BCUT2D eigenvalue weighted by Crippen LogP contribution is 2.22. The van der Waals surface area contributed by atoms with E-state index in [-0.39, 0.29) is 0 Å². The second kappa shape index (κ2) is 6.24. The van der Waals surface area contributed by atoms with Gasteiger partial charge in [-0.05, 0) is 38.0 Å². The minimum atomic E-state index is -1.08. The molecule has 0 aliphatic heterocycles. The molecule has 0 amide bonds. The Kier molecular flexibility index (Phi) is 5.22. The van der Waals surface area contributed by atoms with Crippen molar-refractivity contribution in [2.45, 2.75) is 43.7 Å². The summed E-state index contributed by atoms with van der Waals surface area (Å²) in [6.07, 6.45) is 1.74. The van der Waals surface area contributed by atoms with Gasteiger partial charge in [-0.3, -0.25) is 9.48 Å². The van der Waals surface area contributed by atoms with E-state index in [1.165, 1.54) is 0 Å². The van der Waals surface area contributed by atoms with Crippen LogP contribution in [0.3, 0.4) is 0 Å². The Balaban J connectivity index is 2.39. The highest BCUT2D eigenvalue weighted by atomic mass is 32.2. The standard InChI is InChI=1S/C12H21N3O2S/c1-4-12(13,11(16)17)6-5-7-18-10-8-9(2)14-15(10)3/h8H,4-7,13H2,1-3H3,(H,16,17). The van der Waals surface area contributed by atoms with Crippen LogP contribution >= 0.6 is 11.8 Å². The molecule has 0 aromatic carbocycles. The number of aliphatic carboxylic acids is 1. The number of thioether (sulfide) groups is 1. The van der Waals surface area contributed by atoms with Gasteiger partial charge in [0.05, 0.1) is 10.7 Å². The Hall–Kier alpha value is -1.01. The number of carbonyl (C=O) groups is 1. The van der Waals surface area contributed by atoms with Crippen molar-refractivity contribution in [2.24, 2.45) is 12.8 Å². The predicted octanol–water partition coefficient (Wildman–Crippen LogP) is 1.79. The zero-order chi connectivity index (χ0) is 13.8. The van der Waals surface area contributed by atoms with Gasteiger partial charge in [-0.2, -0.15) is 5.10 Å². The van der Waals surface area contributed by atoms with Gasteiger partial charge in [-0.15, -0.1) is 11.8 Å². The van der Waals surface area contributed by atoms with Crippen LogP contribution < -0.4 is 5.73 Å². The molecule has 1 heterocycles. The van der Waals surface area contributed by atoms with Crippen LogP contribution in [0.2, 0.25) is 0 Å². The molecule has 6 heteroatoms. The summed E-state index contributed by atoms with van der Waals surface area (Å²) in [7, 11) is 1.91. The molecule has 0 radical (unpaired) electrons. The predicted molar refractivity (Wildman–Crippen MR) is 72.7 cm³/mol. The summed E-state index contributed by atoms with van der Waals surface area (Å²) in [6, 6.07) is 2.03. The second-order valence-corrected chi connectivity index (χ2v) is 5.63. The third-order valence-electron chi connectivity index (χ3n) is 3.03. The molecule has 0 aliphatic carbocycles. The molecule has 1 rings (SSSR count). The molecule has 5 nitrogen and oxygen atoms in total. The molecule has 0 spiro atoms. The van der Waals surface area contributed by atoms with E-state index in [4.69, 9.17) is 10.8 Å². The highest BCUT2D eigenvalue weighted by molar-refractivity contribution is 7.99. The topological polar surface area (TPSA) is 81.1 Å². The van der Waals surface area contributed by atoms with Crippen LogP contribution in [0.5, 0.6) is 0 Å². The Labute approximate surface area is 112 Å². The first-order valence-electron chi connectivity index (χ1n) is 6.05. The van der Waals surface area contributed by atoms with E-state index < -0.39 is 11.5 Å². The Morgan fingerprint density at radius 2 is 2.33 bits per heavy atom. The lowest BCUT2D eigenvalue weighted by Crippen LogP contribution is -2.47.